The van der Waals surface area contributed by atoms with Crippen LogP contribution in [0.2, 0.25) is 0 Å². The minimum absolute atomic E-state index is 0.215. The van der Waals surface area contributed by atoms with Gasteiger partial charge in [-0.25, -0.2) is 0 Å². The molecular formula is C15H13NO3. The lowest BCUT2D eigenvalue weighted by molar-refractivity contribution is 0.0934. The summed E-state index contributed by atoms with van der Waals surface area (Å²) < 4.78 is 5.22. The van der Waals surface area contributed by atoms with Crippen LogP contribution in [0.1, 0.15) is 22.1 Å². The van der Waals surface area contributed by atoms with Crippen molar-refractivity contribution in [2.24, 2.45) is 0 Å². The number of rotatable bonds is 2. The zero-order chi connectivity index (χ0) is 13.4. The van der Waals surface area contributed by atoms with Gasteiger partial charge in [-0.15, -0.1) is 0 Å². The van der Waals surface area contributed by atoms with Crippen LogP contribution in [0, 0.1) is 0 Å². The van der Waals surface area contributed by atoms with E-state index >= 15 is 0 Å². The molecule has 1 atom stereocenters. The van der Waals surface area contributed by atoms with Crippen molar-refractivity contribution in [3.8, 4) is 5.75 Å². The molecule has 1 aliphatic rings. The van der Waals surface area contributed by atoms with Crippen molar-refractivity contribution in [1.82, 2.24) is 0 Å². The van der Waals surface area contributed by atoms with E-state index in [2.05, 4.69) is 0 Å². The van der Waals surface area contributed by atoms with Crippen molar-refractivity contribution in [3.05, 3.63) is 59.7 Å². The highest BCUT2D eigenvalue weighted by Gasteiger charge is 2.38. The van der Waals surface area contributed by atoms with Gasteiger partial charge in [0.2, 0.25) is 0 Å². The molecule has 0 aliphatic carbocycles. The maximum atomic E-state index is 12.4. The van der Waals surface area contributed by atoms with Crippen molar-refractivity contribution in [1.29, 1.82) is 0 Å². The third-order valence-corrected chi connectivity index (χ3v) is 3.27. The van der Waals surface area contributed by atoms with Crippen molar-refractivity contribution in [2.75, 3.05) is 12.0 Å². The molecule has 0 saturated carbocycles. The summed E-state index contributed by atoms with van der Waals surface area (Å²) in [5.41, 5.74) is 1.67. The van der Waals surface area contributed by atoms with Gasteiger partial charge >= 0.3 is 0 Å². The van der Waals surface area contributed by atoms with Crippen LogP contribution in [0.25, 0.3) is 0 Å². The summed E-state index contributed by atoms with van der Waals surface area (Å²) >= 11 is 0. The lowest BCUT2D eigenvalue weighted by atomic mass is 10.1. The Labute approximate surface area is 110 Å². The number of hydrogen-bond acceptors (Lipinski definition) is 3. The van der Waals surface area contributed by atoms with Gasteiger partial charge in [-0.1, -0.05) is 24.3 Å². The summed E-state index contributed by atoms with van der Waals surface area (Å²) in [4.78, 5) is 13.8. The largest absolute Gasteiger partial charge is 0.496 e. The van der Waals surface area contributed by atoms with Gasteiger partial charge in [0.05, 0.1) is 18.2 Å². The first-order valence-corrected chi connectivity index (χ1v) is 5.97. The molecule has 0 spiro atoms. The third-order valence-electron chi connectivity index (χ3n) is 3.27. The number of methoxy groups -OCH3 is 1. The molecular weight excluding hydrogens is 242 g/mol. The third kappa shape index (κ3) is 1.69. The molecule has 0 bridgehead atoms. The monoisotopic (exact) mass is 255 g/mol. The van der Waals surface area contributed by atoms with E-state index in [9.17, 15) is 9.90 Å². The molecule has 1 amide bonds. The zero-order valence-corrected chi connectivity index (χ0v) is 10.4. The van der Waals surface area contributed by atoms with Crippen LogP contribution in [-0.4, -0.2) is 18.1 Å². The first kappa shape index (κ1) is 11.7. The van der Waals surface area contributed by atoms with Gasteiger partial charge in [-0.3, -0.25) is 9.69 Å². The number of nitrogens with zero attached hydrogens (tertiary/aromatic N) is 1. The minimum Gasteiger partial charge on any atom is -0.496 e. The zero-order valence-electron chi connectivity index (χ0n) is 10.4. The van der Waals surface area contributed by atoms with Crippen molar-refractivity contribution in [2.45, 2.75) is 6.23 Å². The predicted molar refractivity (Wildman–Crippen MR) is 71.2 cm³/mol. The van der Waals surface area contributed by atoms with Gasteiger partial charge in [0.15, 0.2) is 6.23 Å². The Morgan fingerprint density at radius 2 is 1.84 bits per heavy atom. The number of ether oxygens (including phenoxy) is 1. The first-order chi connectivity index (χ1) is 9.24. The van der Waals surface area contributed by atoms with Crippen LogP contribution in [0.15, 0.2) is 48.5 Å². The fraction of sp³-hybridized carbons (Fsp3) is 0.133. The number of aliphatic hydroxyl groups excluding tert-OH is 1. The van der Waals surface area contributed by atoms with Gasteiger partial charge in [0.25, 0.3) is 5.91 Å². The number of carbonyl (C=O) groups excluding carboxylic acids is 1. The fourth-order valence-corrected chi connectivity index (χ4v) is 2.39. The van der Waals surface area contributed by atoms with E-state index in [1.165, 1.54) is 12.0 Å². The van der Waals surface area contributed by atoms with E-state index in [0.717, 1.165) is 0 Å². The molecule has 1 N–H and O–H groups in total. The highest BCUT2D eigenvalue weighted by atomic mass is 16.5. The summed E-state index contributed by atoms with van der Waals surface area (Å²) in [5, 5.41) is 10.4. The van der Waals surface area contributed by atoms with E-state index in [4.69, 9.17) is 4.74 Å². The molecule has 96 valence electrons. The van der Waals surface area contributed by atoms with Crippen LogP contribution in [-0.2, 0) is 0 Å². The normalized spacial score (nSPS) is 17.5. The Morgan fingerprint density at radius 1 is 1.11 bits per heavy atom. The number of aliphatic hydroxyl groups is 1. The molecule has 19 heavy (non-hydrogen) atoms. The summed E-state index contributed by atoms with van der Waals surface area (Å²) in [6, 6.07) is 14.3. The molecule has 1 unspecified atom stereocenters. The highest BCUT2D eigenvalue weighted by Crippen LogP contribution is 2.40. The molecule has 0 fully saturated rings. The standard InChI is InChI=1S/C15H13NO3/c1-19-12-9-5-8-11-13(12)15(18)16(14(11)17)10-6-3-2-4-7-10/h2-9,15,18H,1H3. The van der Waals surface area contributed by atoms with Crippen molar-refractivity contribution >= 4 is 11.6 Å². The number of anilines is 1. The summed E-state index contributed by atoms with van der Waals surface area (Å²) in [7, 11) is 1.53. The van der Waals surface area contributed by atoms with Gasteiger partial charge in [-0.05, 0) is 24.3 Å². The predicted octanol–water partition coefficient (Wildman–Crippen LogP) is 2.35. The fourth-order valence-electron chi connectivity index (χ4n) is 2.39. The number of carbonyl (C=O) groups is 1. The smallest absolute Gasteiger partial charge is 0.261 e. The lowest BCUT2D eigenvalue weighted by Crippen LogP contribution is -2.27. The summed E-state index contributed by atoms with van der Waals surface area (Å²) in [5.74, 6) is 0.310. The quantitative estimate of drug-likeness (QED) is 0.896. The number of para-hydroxylation sites is 1. The molecule has 1 aliphatic heterocycles. The second-order valence-electron chi connectivity index (χ2n) is 4.31. The molecule has 0 saturated heterocycles. The average Bonchev–Trinajstić information content (AvgIpc) is 2.72. The summed E-state index contributed by atoms with van der Waals surface area (Å²) in [6.45, 7) is 0. The van der Waals surface area contributed by atoms with E-state index in [-0.39, 0.29) is 5.91 Å². The van der Waals surface area contributed by atoms with E-state index in [0.29, 0.717) is 22.6 Å². The van der Waals surface area contributed by atoms with Crippen LogP contribution in [0.4, 0.5) is 5.69 Å². The van der Waals surface area contributed by atoms with Crippen LogP contribution < -0.4 is 9.64 Å². The van der Waals surface area contributed by atoms with Crippen LogP contribution >= 0.6 is 0 Å². The molecule has 1 heterocycles. The Bertz CT molecular complexity index is 625. The molecule has 0 radical (unpaired) electrons. The van der Waals surface area contributed by atoms with E-state index in [1.54, 1.807) is 30.3 Å². The number of benzene rings is 2. The minimum atomic E-state index is -1.01. The average molecular weight is 255 g/mol. The van der Waals surface area contributed by atoms with Gasteiger partial charge in [0.1, 0.15) is 5.75 Å². The maximum Gasteiger partial charge on any atom is 0.261 e. The Kier molecular flexibility index (Phi) is 2.72. The lowest BCUT2D eigenvalue weighted by Gasteiger charge is -2.21. The van der Waals surface area contributed by atoms with Crippen LogP contribution in [0.5, 0.6) is 5.75 Å². The van der Waals surface area contributed by atoms with E-state index < -0.39 is 6.23 Å². The molecule has 0 aromatic heterocycles. The van der Waals surface area contributed by atoms with Gasteiger partial charge < -0.3 is 9.84 Å². The number of hydrogen-bond donors (Lipinski definition) is 1. The maximum absolute atomic E-state index is 12.4. The Morgan fingerprint density at radius 3 is 2.53 bits per heavy atom. The van der Waals surface area contributed by atoms with Gasteiger partial charge in [0, 0.05) is 5.69 Å². The molecule has 2 aromatic carbocycles. The van der Waals surface area contributed by atoms with Crippen LogP contribution in [0.3, 0.4) is 0 Å². The Balaban J connectivity index is 2.12. The number of fused-ring (bicyclic) bond motifs is 1. The Hall–Kier alpha value is -2.33. The molecule has 4 nitrogen and oxygen atoms in total. The molecule has 4 heteroatoms. The highest BCUT2D eigenvalue weighted by molar-refractivity contribution is 6.11. The second-order valence-corrected chi connectivity index (χ2v) is 4.31. The second kappa shape index (κ2) is 4.40. The first-order valence-electron chi connectivity index (χ1n) is 5.97. The summed E-state index contributed by atoms with van der Waals surface area (Å²) in [6.07, 6.45) is -1.01. The topological polar surface area (TPSA) is 49.8 Å². The van der Waals surface area contributed by atoms with Crippen molar-refractivity contribution < 1.29 is 14.6 Å². The SMILES string of the molecule is COc1cccc2c1C(O)N(c1ccccc1)C2=O. The van der Waals surface area contributed by atoms with Crippen molar-refractivity contribution in [3.63, 3.8) is 0 Å². The molecule has 3 rings (SSSR count). The number of amides is 1. The molecule has 2 aromatic rings. The van der Waals surface area contributed by atoms with Gasteiger partial charge in [-0.2, -0.15) is 0 Å². The van der Waals surface area contributed by atoms with E-state index in [1.807, 2.05) is 18.2 Å².